The Labute approximate surface area is 42.7 Å². The minimum atomic E-state index is 0.414. The van der Waals surface area contributed by atoms with Crippen LogP contribution in [0.5, 0.6) is 0 Å². The van der Waals surface area contributed by atoms with E-state index in [0.29, 0.717) is 7.24 Å². The van der Waals surface area contributed by atoms with Crippen LogP contribution in [-0.2, 0) is 7.24 Å². The molecule has 0 amide bonds. The Hall–Kier alpha value is 1.38. The Balaban J connectivity index is 2.80. The van der Waals surface area contributed by atoms with E-state index in [4.69, 9.17) is 0 Å². The van der Waals surface area contributed by atoms with E-state index in [9.17, 15) is 0 Å². The molecule has 26 valence electrons. The lowest BCUT2D eigenvalue weighted by Crippen LogP contribution is -1.45. The van der Waals surface area contributed by atoms with Crippen molar-refractivity contribution in [1.82, 2.24) is 0 Å². The Morgan fingerprint density at radius 3 is 2.00 bits per heavy atom. The van der Waals surface area contributed by atoms with Gasteiger partial charge in [0.2, 0.25) is 0 Å². The van der Waals surface area contributed by atoms with Crippen LogP contribution in [0.1, 0.15) is 0 Å². The monoisotopic (exact) mass is 206 g/mol. The maximum absolute atomic E-state index is 3.33. The quantitative estimate of drug-likeness (QED) is 0.417. The van der Waals surface area contributed by atoms with Gasteiger partial charge in [-0.05, 0) is 27.5 Å². The van der Waals surface area contributed by atoms with Gasteiger partial charge < -0.3 is 0 Å². The van der Waals surface area contributed by atoms with Gasteiger partial charge in [0, 0.05) is 0 Å². The molecule has 0 radical (unpaired) electrons. The second-order valence-electron chi connectivity index (χ2n) is 0.436. The van der Waals surface area contributed by atoms with Crippen LogP contribution in [0.25, 0.3) is 0 Å². The van der Waals surface area contributed by atoms with Crippen molar-refractivity contribution in [3.63, 3.8) is 0 Å². The summed E-state index contributed by atoms with van der Waals surface area (Å²) >= 11 is 2.28. The summed E-state index contributed by atoms with van der Waals surface area (Å²) in [7, 11) is 3.74. The predicted octanol–water partition coefficient (Wildman–Crippen LogP) is 1.64. The van der Waals surface area contributed by atoms with Gasteiger partial charge in [-0.25, -0.2) is 0 Å². The number of hydrogen-bond acceptors (Lipinski definition) is 0. The zero-order chi connectivity index (χ0) is 3.58. The first-order valence-corrected chi connectivity index (χ1v) is 6.17. The molecule has 0 aromatic carbocycles. The molecular weight excluding hydrogens is 202 g/mol. The molecule has 0 aromatic rings. The van der Waals surface area contributed by atoms with Crippen LogP contribution < -0.4 is 0 Å². The van der Waals surface area contributed by atoms with Crippen LogP contribution in [0, 0.1) is 0 Å². The third-order valence-electron chi connectivity index (χ3n) is 0. The van der Waals surface area contributed by atoms with Crippen molar-refractivity contribution in [3.05, 3.63) is 0 Å². The molecule has 0 saturated carbocycles. The summed E-state index contributed by atoms with van der Waals surface area (Å²) in [6.07, 6.45) is 2.09. The summed E-state index contributed by atoms with van der Waals surface area (Å²) in [5.74, 6) is 0. The molecule has 0 rings (SSSR count). The molecule has 0 spiro atoms. The topological polar surface area (TPSA) is 0 Å². The van der Waals surface area contributed by atoms with Crippen LogP contribution in [0.4, 0.5) is 0 Å². The molecule has 0 aliphatic carbocycles. The van der Waals surface area contributed by atoms with Gasteiger partial charge in [-0.15, -0.1) is 7.24 Å². The molecule has 1 unspecified atom stereocenters. The minimum Gasteiger partial charge on any atom is -0.106 e. The summed E-state index contributed by atoms with van der Waals surface area (Å²) in [5, 5.41) is 0. The van der Waals surface area contributed by atoms with Crippen molar-refractivity contribution >= 4 is 36.5 Å². The Morgan fingerprint density at radius 2 is 2.00 bits per heavy atom. The van der Waals surface area contributed by atoms with Crippen molar-refractivity contribution in [2.24, 2.45) is 0 Å². The molecular formula is CH4IPS. The fourth-order valence-electron chi connectivity index (χ4n) is 0. The van der Waals surface area contributed by atoms with Gasteiger partial charge in [-0.1, -0.05) is 8.02 Å². The average molecular weight is 206 g/mol. The number of rotatable bonds is 0. The molecule has 0 heterocycles. The third kappa shape index (κ3) is 10.1. The zero-order valence-corrected chi connectivity index (χ0v) is 6.26. The van der Waals surface area contributed by atoms with Gasteiger partial charge in [-0.2, -0.15) is 0 Å². The maximum atomic E-state index is 3.33. The lowest BCUT2D eigenvalue weighted by Gasteiger charge is -1.65. The van der Waals surface area contributed by atoms with Crippen molar-refractivity contribution in [1.29, 1.82) is 0 Å². The van der Waals surface area contributed by atoms with E-state index in [1.165, 1.54) is 0 Å². The second-order valence-corrected chi connectivity index (χ2v) is 9.60. The largest absolute Gasteiger partial charge is 0.106 e. The SMILES string of the molecule is CS(=P)I. The predicted molar refractivity (Wildman–Crippen MR) is 35.6 cm³/mol. The maximum Gasteiger partial charge on any atom is -0.00705 e. The highest BCUT2D eigenvalue weighted by Crippen LogP contribution is 1.92. The molecule has 1 atom stereocenters. The fourth-order valence-corrected chi connectivity index (χ4v) is 0. The summed E-state index contributed by atoms with van der Waals surface area (Å²) in [4.78, 5) is 0. The van der Waals surface area contributed by atoms with E-state index in [0.717, 1.165) is 0 Å². The fraction of sp³-hybridized carbons (Fsp3) is 1.00. The third-order valence-corrected chi connectivity index (χ3v) is 0. The normalized spacial score (nSPS) is 15.5. The standard InChI is InChI=1S/CH4IPS/c1-4(2)3/h3H,1H3. The molecule has 0 nitrogen and oxygen atoms in total. The second kappa shape index (κ2) is 2.61. The Kier molecular flexibility index (Phi) is 3.51. The van der Waals surface area contributed by atoms with E-state index in [1.54, 1.807) is 0 Å². The van der Waals surface area contributed by atoms with Crippen LogP contribution in [0.3, 0.4) is 0 Å². The van der Waals surface area contributed by atoms with Crippen molar-refractivity contribution < 1.29 is 0 Å². The molecule has 0 bridgehead atoms. The first-order valence-electron chi connectivity index (χ1n) is 0.767. The lowest BCUT2D eigenvalue weighted by atomic mass is 12.0. The summed E-state index contributed by atoms with van der Waals surface area (Å²) in [5.41, 5.74) is 0. The molecule has 0 saturated heterocycles. The molecule has 4 heavy (non-hydrogen) atoms. The van der Waals surface area contributed by atoms with Crippen LogP contribution in [0.15, 0.2) is 0 Å². The van der Waals surface area contributed by atoms with Crippen LogP contribution in [-0.4, -0.2) is 6.26 Å². The van der Waals surface area contributed by atoms with Gasteiger partial charge in [-0.3, -0.25) is 0 Å². The Morgan fingerprint density at radius 1 is 2.00 bits per heavy atom. The van der Waals surface area contributed by atoms with Gasteiger partial charge in [0.15, 0.2) is 0 Å². The first-order chi connectivity index (χ1) is 1.73. The summed E-state index contributed by atoms with van der Waals surface area (Å²) < 4.78 is 0. The van der Waals surface area contributed by atoms with E-state index >= 15 is 0 Å². The average Bonchev–Trinajstić information content (AvgIpc) is 0.811. The lowest BCUT2D eigenvalue weighted by molar-refractivity contribution is 2.54. The Bertz CT molecular complexity index is 31.0. The van der Waals surface area contributed by atoms with Gasteiger partial charge >= 0.3 is 0 Å². The van der Waals surface area contributed by atoms with E-state index in [1.807, 2.05) is 0 Å². The minimum absolute atomic E-state index is 0.414. The molecule has 0 fully saturated rings. The van der Waals surface area contributed by atoms with E-state index < -0.39 is 0 Å². The van der Waals surface area contributed by atoms with E-state index in [2.05, 4.69) is 35.5 Å². The molecule has 0 aliphatic heterocycles. The van der Waals surface area contributed by atoms with Crippen LogP contribution in [0.2, 0.25) is 0 Å². The smallest absolute Gasteiger partial charge is 0.00705 e. The molecule has 0 aliphatic rings. The van der Waals surface area contributed by atoms with Crippen LogP contribution >= 0.6 is 29.2 Å². The number of halogens is 1. The van der Waals surface area contributed by atoms with Crippen molar-refractivity contribution in [2.75, 3.05) is 6.26 Å². The van der Waals surface area contributed by atoms with Gasteiger partial charge in [0.1, 0.15) is 0 Å². The van der Waals surface area contributed by atoms with Crippen molar-refractivity contribution in [2.45, 2.75) is 0 Å². The number of hydrogen-bond donors (Lipinski definition) is 0. The highest BCUT2D eigenvalue weighted by atomic mass is 127. The molecule has 0 N–H and O–H groups in total. The highest BCUT2D eigenvalue weighted by Gasteiger charge is 1.52. The molecule has 0 aromatic heterocycles. The van der Waals surface area contributed by atoms with Gasteiger partial charge in [0.25, 0.3) is 0 Å². The van der Waals surface area contributed by atoms with Gasteiger partial charge in [0.05, 0.1) is 0 Å². The van der Waals surface area contributed by atoms with Crippen molar-refractivity contribution in [3.8, 4) is 0 Å². The summed E-state index contributed by atoms with van der Waals surface area (Å²) in [6.45, 7) is 0. The van der Waals surface area contributed by atoms with E-state index in [-0.39, 0.29) is 0 Å². The molecule has 3 heteroatoms. The zero-order valence-electron chi connectivity index (χ0n) is 2.29. The first kappa shape index (κ1) is 5.38. The summed E-state index contributed by atoms with van der Waals surface area (Å²) in [6, 6.07) is 0. The highest BCUT2D eigenvalue weighted by molar-refractivity contribution is 14.2.